The molecule has 0 aliphatic carbocycles. The van der Waals surface area contributed by atoms with Gasteiger partial charge in [-0.05, 0) is 36.3 Å². The zero-order chi connectivity index (χ0) is 32.7. The largest absolute Gasteiger partial charge is 0.356 e. The first-order valence-electron chi connectivity index (χ1n) is 16.7. The van der Waals surface area contributed by atoms with Crippen LogP contribution in [0.1, 0.15) is 72.3 Å². The van der Waals surface area contributed by atoms with Crippen molar-refractivity contribution < 1.29 is 14.4 Å². The average Bonchev–Trinajstić information content (AvgIpc) is 3.04. The number of hydrogen-bond donors (Lipinski definition) is 3. The Kier molecular flexibility index (Phi) is 14.5. The Balaban J connectivity index is 2.04. The summed E-state index contributed by atoms with van der Waals surface area (Å²) in [7, 11) is -2.81. The van der Waals surface area contributed by atoms with Gasteiger partial charge < -0.3 is 16.0 Å². The summed E-state index contributed by atoms with van der Waals surface area (Å²) < 4.78 is 0. The Bertz CT molecular complexity index is 1280. The highest BCUT2D eigenvalue weighted by Gasteiger charge is 2.46. The van der Waals surface area contributed by atoms with Crippen molar-refractivity contribution in [3.05, 3.63) is 96.6 Å². The van der Waals surface area contributed by atoms with Gasteiger partial charge in [-0.25, -0.2) is 0 Å². The summed E-state index contributed by atoms with van der Waals surface area (Å²) in [5.41, 5.74) is 0.712. The molecule has 0 heterocycles. The topological polar surface area (TPSA) is 87.3 Å². The molecular weight excluding hydrogens is 575 g/mol. The monoisotopic (exact) mass is 627 g/mol. The van der Waals surface area contributed by atoms with E-state index >= 15 is 0 Å². The van der Waals surface area contributed by atoms with Crippen LogP contribution in [0.3, 0.4) is 0 Å². The van der Waals surface area contributed by atoms with E-state index < -0.39 is 14.1 Å². The lowest BCUT2D eigenvalue weighted by Crippen LogP contribution is -2.72. The Hall–Kier alpha value is -3.71. The van der Waals surface area contributed by atoms with Gasteiger partial charge in [-0.15, -0.1) is 0 Å². The molecule has 6 nitrogen and oxygen atoms in total. The third-order valence-electron chi connectivity index (χ3n) is 8.81. The fraction of sp³-hybridized carbons (Fsp3) is 0.447. The Morgan fingerprint density at radius 1 is 0.733 bits per heavy atom. The van der Waals surface area contributed by atoms with Gasteiger partial charge >= 0.3 is 0 Å². The van der Waals surface area contributed by atoms with Gasteiger partial charge in [0.15, 0.2) is 0 Å². The molecule has 3 aromatic rings. The molecule has 0 aromatic heterocycles. The minimum absolute atomic E-state index is 0.0486. The van der Waals surface area contributed by atoms with Gasteiger partial charge in [-0.3, -0.25) is 14.4 Å². The summed E-state index contributed by atoms with van der Waals surface area (Å²) >= 11 is 0. The zero-order valence-electron chi connectivity index (χ0n) is 27.9. The van der Waals surface area contributed by atoms with Crippen molar-refractivity contribution in [3.8, 4) is 0 Å². The smallest absolute Gasteiger partial charge is 0.242 e. The number of rotatable bonds is 18. The van der Waals surface area contributed by atoms with Crippen molar-refractivity contribution in [1.82, 2.24) is 16.0 Å². The number of unbranched alkanes of at least 4 members (excludes halogenated alkanes) is 1. The first kappa shape index (κ1) is 35.8. The van der Waals surface area contributed by atoms with E-state index in [9.17, 15) is 14.4 Å². The van der Waals surface area contributed by atoms with Crippen LogP contribution in [0.25, 0.3) is 0 Å². The summed E-state index contributed by atoms with van der Waals surface area (Å²) in [6.07, 6.45) is 4.07. The molecule has 0 bridgehead atoms. The molecule has 0 radical (unpaired) electrons. The second-order valence-electron chi connectivity index (χ2n) is 12.7. The number of amides is 3. The van der Waals surface area contributed by atoms with Crippen molar-refractivity contribution in [2.75, 3.05) is 6.54 Å². The summed E-state index contributed by atoms with van der Waals surface area (Å²) in [5.74, 6) is -0.0403. The number of carbonyl (C=O) groups is 3. The fourth-order valence-electron chi connectivity index (χ4n) is 6.13. The summed E-state index contributed by atoms with van der Waals surface area (Å²) in [5, 5.41) is 12.1. The molecule has 45 heavy (non-hydrogen) atoms. The SMILES string of the molecule is CCCCNC(=O)CC[Si](c1ccccc1)(c1ccccc1)[C@H](CC(C)C)NC(=O)[C@@H](NC(=O)Cc1ccccc1)[C@@H](C)CC. The van der Waals surface area contributed by atoms with Crippen LogP contribution in [0, 0.1) is 11.8 Å². The van der Waals surface area contributed by atoms with Gasteiger partial charge in [0, 0.05) is 18.6 Å². The second kappa shape index (κ2) is 18.3. The van der Waals surface area contributed by atoms with Crippen molar-refractivity contribution >= 4 is 36.2 Å². The van der Waals surface area contributed by atoms with Crippen molar-refractivity contribution in [3.63, 3.8) is 0 Å². The van der Waals surface area contributed by atoms with Crippen molar-refractivity contribution in [2.24, 2.45) is 11.8 Å². The van der Waals surface area contributed by atoms with Crippen LogP contribution in [0.5, 0.6) is 0 Å². The van der Waals surface area contributed by atoms with Gasteiger partial charge in [0.25, 0.3) is 0 Å². The van der Waals surface area contributed by atoms with Crippen LogP contribution < -0.4 is 26.3 Å². The highest BCUT2D eigenvalue weighted by molar-refractivity contribution is 7.03. The van der Waals surface area contributed by atoms with Gasteiger partial charge in [0.05, 0.1) is 6.42 Å². The third kappa shape index (κ3) is 10.4. The molecule has 0 fully saturated rings. The van der Waals surface area contributed by atoms with E-state index in [1.54, 1.807) is 0 Å². The summed E-state index contributed by atoms with van der Waals surface area (Å²) in [4.78, 5) is 40.8. The van der Waals surface area contributed by atoms with Crippen LogP contribution >= 0.6 is 0 Å². The molecule has 0 saturated carbocycles. The molecule has 3 rings (SSSR count). The van der Waals surface area contributed by atoms with E-state index in [0.29, 0.717) is 24.9 Å². The molecule has 3 atom stereocenters. The number of carbonyl (C=O) groups excluding carboxylic acids is 3. The van der Waals surface area contributed by atoms with E-state index in [1.807, 2.05) is 56.3 Å². The van der Waals surface area contributed by atoms with E-state index in [0.717, 1.165) is 31.2 Å². The predicted molar refractivity (Wildman–Crippen MR) is 188 cm³/mol. The maximum Gasteiger partial charge on any atom is 0.242 e. The summed E-state index contributed by atoms with van der Waals surface area (Å²) in [6, 6.07) is 30.5. The van der Waals surface area contributed by atoms with Crippen LogP contribution in [-0.2, 0) is 20.8 Å². The normalized spacial score (nSPS) is 13.5. The lowest BCUT2D eigenvalue weighted by molar-refractivity contribution is -0.130. The van der Waals surface area contributed by atoms with Crippen LogP contribution in [-0.4, -0.2) is 44.0 Å². The molecule has 242 valence electrons. The Labute approximate surface area is 271 Å². The molecule has 0 saturated heterocycles. The van der Waals surface area contributed by atoms with Crippen molar-refractivity contribution in [2.45, 2.75) is 90.9 Å². The number of benzene rings is 3. The zero-order valence-corrected chi connectivity index (χ0v) is 28.9. The van der Waals surface area contributed by atoms with Crippen LogP contribution in [0.4, 0.5) is 0 Å². The average molecular weight is 628 g/mol. The maximum atomic E-state index is 14.4. The molecule has 3 aromatic carbocycles. The van der Waals surface area contributed by atoms with Crippen LogP contribution in [0.2, 0.25) is 6.04 Å². The summed E-state index contributed by atoms with van der Waals surface area (Å²) in [6.45, 7) is 11.2. The van der Waals surface area contributed by atoms with Gasteiger partial charge in [-0.1, -0.05) is 149 Å². The molecule has 0 aliphatic rings. The van der Waals surface area contributed by atoms with Crippen LogP contribution in [0.15, 0.2) is 91.0 Å². The predicted octanol–water partition coefficient (Wildman–Crippen LogP) is 5.40. The molecular formula is C38H53N3O3Si. The number of nitrogens with one attached hydrogen (secondary N) is 3. The molecule has 7 heteroatoms. The minimum atomic E-state index is -2.81. The standard InChI is InChI=1S/C38H53N3O3Si/c1-6-8-25-39-34(42)24-26-45(32-20-14-10-15-21-32,33-22-16-11-17-23-33)36(27-29(3)4)41-38(44)37(30(5)7-2)40-35(43)28-31-18-12-9-13-19-31/h9-23,29-30,36-37H,6-8,24-28H2,1-5H3,(H,39,42)(H,40,43)(H,41,44)/t30-,36+,37-/m0/s1. The molecule has 0 aliphatic heterocycles. The van der Waals surface area contributed by atoms with E-state index in [-0.39, 0.29) is 35.7 Å². The Morgan fingerprint density at radius 2 is 1.29 bits per heavy atom. The van der Waals surface area contributed by atoms with Gasteiger partial charge in [-0.2, -0.15) is 0 Å². The first-order chi connectivity index (χ1) is 21.7. The fourth-order valence-corrected chi connectivity index (χ4v) is 11.7. The molecule has 0 unspecified atom stereocenters. The highest BCUT2D eigenvalue weighted by atomic mass is 28.3. The van der Waals surface area contributed by atoms with Gasteiger partial charge in [0.1, 0.15) is 14.1 Å². The van der Waals surface area contributed by atoms with E-state index in [4.69, 9.17) is 0 Å². The quantitative estimate of drug-likeness (QED) is 0.130. The molecule has 3 N–H and O–H groups in total. The highest BCUT2D eigenvalue weighted by Crippen LogP contribution is 2.24. The maximum absolute atomic E-state index is 14.4. The first-order valence-corrected chi connectivity index (χ1v) is 19.0. The lowest BCUT2D eigenvalue weighted by atomic mass is 9.97. The molecule has 0 spiro atoms. The van der Waals surface area contributed by atoms with Gasteiger partial charge in [0.2, 0.25) is 17.7 Å². The third-order valence-corrected chi connectivity index (χ3v) is 14.2. The lowest BCUT2D eigenvalue weighted by Gasteiger charge is -2.42. The van der Waals surface area contributed by atoms with E-state index in [1.165, 1.54) is 10.4 Å². The minimum Gasteiger partial charge on any atom is -0.356 e. The van der Waals surface area contributed by atoms with E-state index in [2.05, 4.69) is 85.3 Å². The number of hydrogen-bond acceptors (Lipinski definition) is 3. The Morgan fingerprint density at radius 3 is 1.80 bits per heavy atom. The molecule has 3 amide bonds. The van der Waals surface area contributed by atoms with Crippen molar-refractivity contribution in [1.29, 1.82) is 0 Å². The second-order valence-corrected chi connectivity index (χ2v) is 17.0.